The number of rotatable bonds is 3. The molecule has 40 heavy (non-hydrogen) atoms. The van der Waals surface area contributed by atoms with Crippen LogP contribution in [0.25, 0.3) is 11.1 Å². The quantitative estimate of drug-likeness (QED) is 0.585. The molecule has 0 bridgehead atoms. The van der Waals surface area contributed by atoms with Crippen molar-refractivity contribution in [1.82, 2.24) is 19.5 Å². The molecule has 216 valence electrons. The molecule has 1 aliphatic carbocycles. The Balaban J connectivity index is 1.28. The lowest BCUT2D eigenvalue weighted by atomic mass is 9.83. The van der Waals surface area contributed by atoms with Crippen molar-refractivity contribution in [2.45, 2.75) is 80.4 Å². The van der Waals surface area contributed by atoms with Crippen molar-refractivity contribution in [2.24, 2.45) is 5.92 Å². The molecule has 2 aromatic rings. The highest BCUT2D eigenvalue weighted by molar-refractivity contribution is 7.89. The van der Waals surface area contributed by atoms with Crippen molar-refractivity contribution in [3.8, 4) is 16.9 Å². The Labute approximate surface area is 237 Å². The number of likely N-dealkylation sites (tertiary alicyclic amines) is 1. The summed E-state index contributed by atoms with van der Waals surface area (Å²) in [5.41, 5.74) is 1.18. The van der Waals surface area contributed by atoms with Crippen molar-refractivity contribution in [3.63, 3.8) is 0 Å². The number of fused-ring (bicyclic) bond motifs is 2. The Hall–Kier alpha value is -2.53. The molecule has 1 aromatic heterocycles. The summed E-state index contributed by atoms with van der Waals surface area (Å²) in [7, 11) is -4.10. The molecular formula is C30H40N4O5S. The number of nitrogens with one attached hydrogen (secondary N) is 1. The van der Waals surface area contributed by atoms with Gasteiger partial charge in [0, 0.05) is 62.5 Å². The molecule has 3 aliphatic heterocycles. The van der Waals surface area contributed by atoms with Crippen LogP contribution in [-0.2, 0) is 14.8 Å². The van der Waals surface area contributed by atoms with Gasteiger partial charge < -0.3 is 20.1 Å². The highest BCUT2D eigenvalue weighted by Gasteiger charge is 2.47. The Morgan fingerprint density at radius 2 is 1.88 bits per heavy atom. The SMILES string of the molecule is O=C1NC2(CCOc3cc(-c4cccnc4)ccc3S(=O)(=O)N3C[C@H](O)C[C@@H]13)CCN(CC1CCCCC1)CC2. The number of benzene rings is 1. The van der Waals surface area contributed by atoms with Crippen molar-refractivity contribution in [3.05, 3.63) is 42.7 Å². The molecule has 1 spiro atoms. The number of hydrogen-bond donors (Lipinski definition) is 2. The van der Waals surface area contributed by atoms with E-state index < -0.39 is 27.7 Å². The van der Waals surface area contributed by atoms with Gasteiger partial charge in [0.2, 0.25) is 15.9 Å². The minimum atomic E-state index is -4.10. The molecule has 4 heterocycles. The third-order valence-electron chi connectivity index (χ3n) is 9.34. The summed E-state index contributed by atoms with van der Waals surface area (Å²) in [5, 5.41) is 13.8. The minimum absolute atomic E-state index is 0.0188. The van der Waals surface area contributed by atoms with Gasteiger partial charge in [-0.1, -0.05) is 31.4 Å². The van der Waals surface area contributed by atoms with Crippen molar-refractivity contribution >= 4 is 15.9 Å². The van der Waals surface area contributed by atoms with Crippen LogP contribution in [0.2, 0.25) is 0 Å². The molecule has 10 heteroatoms. The predicted molar refractivity (Wildman–Crippen MR) is 151 cm³/mol. The summed E-state index contributed by atoms with van der Waals surface area (Å²) in [6, 6.07) is 7.82. The van der Waals surface area contributed by atoms with Crippen LogP contribution in [0, 0.1) is 5.92 Å². The number of aliphatic hydroxyl groups is 1. The van der Waals surface area contributed by atoms with E-state index in [1.54, 1.807) is 30.6 Å². The van der Waals surface area contributed by atoms with Crippen LogP contribution in [0.1, 0.15) is 57.8 Å². The second-order valence-corrected chi connectivity index (χ2v) is 13.9. The lowest BCUT2D eigenvalue weighted by molar-refractivity contribution is -0.127. The minimum Gasteiger partial charge on any atom is -0.492 e. The van der Waals surface area contributed by atoms with Gasteiger partial charge in [-0.2, -0.15) is 4.31 Å². The standard InChI is InChI=1S/C30H40N4O5S/c35-25-18-26-29(36)32-30(10-14-33(15-11-30)20-22-5-2-1-3-6-22)12-16-39-27-17-23(24-7-4-13-31-19-24)8-9-28(27)40(37,38)34(26)21-25/h4,7-9,13,17,19,22,25-26,35H,1-3,5-6,10-12,14-16,18,20-21H2,(H,32,36)/t25-,26+/m1/s1. The maximum Gasteiger partial charge on any atom is 0.247 e. The smallest absolute Gasteiger partial charge is 0.247 e. The molecule has 2 saturated heterocycles. The molecule has 1 amide bonds. The van der Waals surface area contributed by atoms with E-state index in [0.717, 1.165) is 53.8 Å². The number of amides is 1. The third-order valence-corrected chi connectivity index (χ3v) is 11.3. The molecule has 2 N–H and O–H groups in total. The highest BCUT2D eigenvalue weighted by atomic mass is 32.2. The largest absolute Gasteiger partial charge is 0.492 e. The Morgan fingerprint density at radius 1 is 1.07 bits per heavy atom. The van der Waals surface area contributed by atoms with Gasteiger partial charge in [-0.05, 0) is 55.4 Å². The number of hydrogen-bond acceptors (Lipinski definition) is 7. The van der Waals surface area contributed by atoms with Gasteiger partial charge >= 0.3 is 0 Å². The van der Waals surface area contributed by atoms with Gasteiger partial charge in [-0.15, -0.1) is 0 Å². The average Bonchev–Trinajstić information content (AvgIpc) is 3.37. The van der Waals surface area contributed by atoms with E-state index in [4.69, 9.17) is 4.74 Å². The van der Waals surface area contributed by atoms with Gasteiger partial charge in [-0.3, -0.25) is 9.78 Å². The van der Waals surface area contributed by atoms with Gasteiger partial charge in [0.1, 0.15) is 16.7 Å². The number of carbonyl (C=O) groups is 1. The number of piperidine rings is 1. The Kier molecular flexibility index (Phi) is 7.87. The lowest BCUT2D eigenvalue weighted by Crippen LogP contribution is -2.59. The zero-order valence-corrected chi connectivity index (χ0v) is 23.8. The van der Waals surface area contributed by atoms with E-state index in [9.17, 15) is 18.3 Å². The van der Waals surface area contributed by atoms with Crippen LogP contribution in [0.5, 0.6) is 5.75 Å². The zero-order chi connectivity index (χ0) is 27.7. The molecule has 2 atom stereocenters. The summed E-state index contributed by atoms with van der Waals surface area (Å²) in [6.45, 7) is 3.08. The van der Waals surface area contributed by atoms with Crippen molar-refractivity contribution in [1.29, 1.82) is 0 Å². The number of aromatic nitrogens is 1. The van der Waals surface area contributed by atoms with Crippen LogP contribution < -0.4 is 10.1 Å². The van der Waals surface area contributed by atoms with E-state index in [1.807, 2.05) is 12.1 Å². The third kappa shape index (κ3) is 5.64. The van der Waals surface area contributed by atoms with Crippen LogP contribution in [0.3, 0.4) is 0 Å². The molecule has 9 nitrogen and oxygen atoms in total. The molecule has 1 saturated carbocycles. The van der Waals surface area contributed by atoms with E-state index in [1.165, 1.54) is 32.1 Å². The summed E-state index contributed by atoms with van der Waals surface area (Å²) in [6.07, 6.45) is 11.4. The number of nitrogens with zero attached hydrogens (tertiary/aromatic N) is 3. The number of pyridine rings is 1. The van der Waals surface area contributed by atoms with Gasteiger partial charge in [0.05, 0.1) is 12.7 Å². The normalized spacial score (nSPS) is 27.7. The molecular weight excluding hydrogens is 528 g/mol. The molecule has 6 rings (SSSR count). The Bertz CT molecular complexity index is 1310. The fourth-order valence-corrected chi connectivity index (χ4v) is 8.75. The molecule has 0 unspecified atom stereocenters. The van der Waals surface area contributed by atoms with Crippen molar-refractivity contribution < 1.29 is 23.1 Å². The number of sulfonamides is 1. The average molecular weight is 569 g/mol. The highest BCUT2D eigenvalue weighted by Crippen LogP contribution is 2.37. The topological polar surface area (TPSA) is 112 Å². The number of aliphatic hydroxyl groups excluding tert-OH is 1. The number of carbonyl (C=O) groups excluding carboxylic acids is 1. The zero-order valence-electron chi connectivity index (χ0n) is 23.0. The summed E-state index contributed by atoms with van der Waals surface area (Å²) in [5.74, 6) is 0.703. The van der Waals surface area contributed by atoms with Crippen LogP contribution in [-0.4, -0.2) is 84.1 Å². The van der Waals surface area contributed by atoms with Gasteiger partial charge in [0.15, 0.2) is 0 Å². The number of ether oxygens (including phenoxy) is 1. The maximum atomic E-state index is 13.9. The van der Waals surface area contributed by atoms with E-state index >= 15 is 0 Å². The molecule has 3 fully saturated rings. The lowest BCUT2D eigenvalue weighted by Gasteiger charge is -2.44. The molecule has 0 radical (unpaired) electrons. The fraction of sp³-hybridized carbons (Fsp3) is 0.600. The molecule has 4 aliphatic rings. The van der Waals surface area contributed by atoms with E-state index in [2.05, 4.69) is 15.2 Å². The van der Waals surface area contributed by atoms with E-state index in [0.29, 0.717) is 6.42 Å². The van der Waals surface area contributed by atoms with Crippen molar-refractivity contribution in [2.75, 3.05) is 32.8 Å². The summed E-state index contributed by atoms with van der Waals surface area (Å²) in [4.78, 5) is 20.4. The second kappa shape index (κ2) is 11.4. The molecule has 1 aromatic carbocycles. The van der Waals surface area contributed by atoms with E-state index in [-0.39, 0.29) is 36.1 Å². The summed E-state index contributed by atoms with van der Waals surface area (Å²) < 4.78 is 35.2. The fourth-order valence-electron chi connectivity index (χ4n) is 7.00. The summed E-state index contributed by atoms with van der Waals surface area (Å²) >= 11 is 0. The first-order chi connectivity index (χ1) is 19.3. The first kappa shape index (κ1) is 27.6. The van der Waals surface area contributed by atoms with Gasteiger partial charge in [0.25, 0.3) is 0 Å². The Morgan fingerprint density at radius 3 is 2.62 bits per heavy atom. The van der Waals surface area contributed by atoms with Crippen LogP contribution >= 0.6 is 0 Å². The van der Waals surface area contributed by atoms with Crippen LogP contribution in [0.15, 0.2) is 47.6 Å². The monoisotopic (exact) mass is 568 g/mol. The second-order valence-electron chi connectivity index (χ2n) is 12.1. The first-order valence-corrected chi connectivity index (χ1v) is 16.2. The predicted octanol–water partition coefficient (Wildman–Crippen LogP) is 3.19. The maximum absolute atomic E-state index is 13.9. The first-order valence-electron chi connectivity index (χ1n) is 14.7. The van der Waals surface area contributed by atoms with Gasteiger partial charge in [-0.25, -0.2) is 8.42 Å². The van der Waals surface area contributed by atoms with Crippen LogP contribution in [0.4, 0.5) is 0 Å².